The summed E-state index contributed by atoms with van der Waals surface area (Å²) in [6.45, 7) is 27.9. The lowest BCUT2D eigenvalue weighted by molar-refractivity contribution is -0.138. The standard InChI is InChI=1S/C24H54O6Si4/c1-12-13-21-34(11,22-14-16-26-18-19-28-31(4,5)6)30-33(9,10)29-32(7,8)20-15-17-27-24(25)23(2)3/h2,12-22H2,1,3-11H3. The first-order valence-corrected chi connectivity index (χ1v) is 25.1. The fourth-order valence-electron chi connectivity index (χ4n) is 3.95. The summed E-state index contributed by atoms with van der Waals surface area (Å²) in [5.41, 5.74) is 0.441. The highest BCUT2D eigenvalue weighted by Crippen LogP contribution is 2.29. The van der Waals surface area contributed by atoms with Gasteiger partial charge in [0.2, 0.25) is 0 Å². The fraction of sp³-hybridized carbons (Fsp3) is 0.875. The quantitative estimate of drug-likeness (QED) is 0.0699. The molecule has 0 heterocycles. The summed E-state index contributed by atoms with van der Waals surface area (Å²) >= 11 is 0. The van der Waals surface area contributed by atoms with E-state index in [1.807, 2.05) is 0 Å². The number of esters is 1. The Morgan fingerprint density at radius 1 is 0.765 bits per heavy atom. The highest BCUT2D eigenvalue weighted by Gasteiger charge is 2.41. The van der Waals surface area contributed by atoms with E-state index in [1.165, 1.54) is 18.9 Å². The van der Waals surface area contributed by atoms with E-state index in [1.54, 1.807) is 6.92 Å². The molecule has 0 saturated heterocycles. The van der Waals surface area contributed by atoms with Crippen molar-refractivity contribution in [3.05, 3.63) is 12.2 Å². The summed E-state index contributed by atoms with van der Waals surface area (Å²) in [6, 6.07) is 3.21. The van der Waals surface area contributed by atoms with Crippen molar-refractivity contribution in [2.75, 3.05) is 26.4 Å². The molecule has 0 aliphatic heterocycles. The first kappa shape index (κ1) is 33.9. The summed E-state index contributed by atoms with van der Waals surface area (Å²) in [6.07, 6.45) is 4.22. The predicted molar refractivity (Wildman–Crippen MR) is 153 cm³/mol. The van der Waals surface area contributed by atoms with Gasteiger partial charge in [0.1, 0.15) is 0 Å². The molecule has 0 fully saturated rings. The number of carbonyl (C=O) groups excluding carboxylic acids is 1. The molecule has 1 atom stereocenters. The molecule has 0 aromatic rings. The van der Waals surface area contributed by atoms with E-state index in [2.05, 4.69) is 65.9 Å². The summed E-state index contributed by atoms with van der Waals surface area (Å²) < 4.78 is 30.6. The smallest absolute Gasteiger partial charge is 0.333 e. The second-order valence-corrected chi connectivity index (χ2v) is 28.5. The molecule has 0 bridgehead atoms. The van der Waals surface area contributed by atoms with E-state index in [0.717, 1.165) is 31.5 Å². The monoisotopic (exact) mass is 550 g/mol. The lowest BCUT2D eigenvalue weighted by Gasteiger charge is -2.40. The maximum atomic E-state index is 11.6. The molecule has 0 aliphatic rings. The number of unbranched alkanes of at least 4 members (excludes halogenated alkanes) is 1. The van der Waals surface area contributed by atoms with E-state index in [9.17, 15) is 4.79 Å². The predicted octanol–water partition coefficient (Wildman–Crippen LogP) is 7.07. The lowest BCUT2D eigenvalue weighted by Crippen LogP contribution is -2.53. The number of carbonyl (C=O) groups is 1. The Labute approximate surface area is 214 Å². The van der Waals surface area contributed by atoms with Crippen molar-refractivity contribution in [2.24, 2.45) is 0 Å². The van der Waals surface area contributed by atoms with Gasteiger partial charge in [-0.2, -0.15) is 0 Å². The van der Waals surface area contributed by atoms with Crippen LogP contribution in [0.15, 0.2) is 12.2 Å². The van der Waals surface area contributed by atoms with Gasteiger partial charge in [0.25, 0.3) is 0 Å². The molecular formula is C24H54O6Si4. The number of rotatable bonds is 20. The Balaban J connectivity index is 4.66. The van der Waals surface area contributed by atoms with Crippen LogP contribution in [-0.2, 0) is 26.9 Å². The Kier molecular flexibility index (Phi) is 15.9. The fourth-order valence-corrected chi connectivity index (χ4v) is 19.7. The van der Waals surface area contributed by atoms with E-state index in [4.69, 9.17) is 22.1 Å². The minimum atomic E-state index is -2.28. The van der Waals surface area contributed by atoms with Gasteiger partial charge in [-0.1, -0.05) is 26.3 Å². The molecule has 10 heteroatoms. The van der Waals surface area contributed by atoms with Crippen molar-refractivity contribution in [1.29, 1.82) is 0 Å². The van der Waals surface area contributed by atoms with Crippen molar-refractivity contribution < 1.29 is 26.9 Å². The molecule has 202 valence electrons. The van der Waals surface area contributed by atoms with Gasteiger partial charge < -0.3 is 22.1 Å². The third kappa shape index (κ3) is 18.2. The molecule has 0 saturated carbocycles. The number of hydrogen-bond acceptors (Lipinski definition) is 6. The number of ether oxygens (including phenoxy) is 2. The molecule has 0 spiro atoms. The molecule has 0 N–H and O–H groups in total. The van der Waals surface area contributed by atoms with Gasteiger partial charge >= 0.3 is 14.5 Å². The minimum absolute atomic E-state index is 0.316. The molecule has 0 aromatic carbocycles. The Morgan fingerprint density at radius 2 is 1.35 bits per heavy atom. The van der Waals surface area contributed by atoms with Gasteiger partial charge in [-0.15, -0.1) is 0 Å². The second-order valence-electron chi connectivity index (χ2n) is 11.6. The van der Waals surface area contributed by atoms with Crippen LogP contribution in [0.3, 0.4) is 0 Å². The average molecular weight is 551 g/mol. The molecule has 1 unspecified atom stereocenters. The first-order valence-electron chi connectivity index (χ1n) is 13.0. The molecule has 34 heavy (non-hydrogen) atoms. The maximum absolute atomic E-state index is 11.6. The summed E-state index contributed by atoms with van der Waals surface area (Å²) in [5, 5.41) is 0. The zero-order chi connectivity index (χ0) is 26.5. The number of hydrogen-bond donors (Lipinski definition) is 0. The SMILES string of the molecule is C=C(C)C(=O)OCCC[Si](C)(C)O[Si](C)(C)O[Si](C)(CCCC)CCCOCCO[Si](C)(C)C. The largest absolute Gasteiger partial charge is 0.462 e. The highest BCUT2D eigenvalue weighted by atomic mass is 28.5. The van der Waals surface area contributed by atoms with E-state index in [-0.39, 0.29) is 5.97 Å². The van der Waals surface area contributed by atoms with Crippen molar-refractivity contribution in [3.63, 3.8) is 0 Å². The topological polar surface area (TPSA) is 63.2 Å². The molecule has 6 nitrogen and oxygen atoms in total. The van der Waals surface area contributed by atoms with Gasteiger partial charge in [0, 0.05) is 12.2 Å². The van der Waals surface area contributed by atoms with Crippen LogP contribution in [0.1, 0.15) is 39.5 Å². The second kappa shape index (κ2) is 15.9. The first-order chi connectivity index (χ1) is 15.5. The highest BCUT2D eigenvalue weighted by molar-refractivity contribution is 6.88. The van der Waals surface area contributed by atoms with Gasteiger partial charge in [0.15, 0.2) is 25.0 Å². The van der Waals surface area contributed by atoms with Crippen LogP contribution in [-0.4, -0.2) is 65.9 Å². The molecular weight excluding hydrogens is 497 g/mol. The third-order valence-electron chi connectivity index (χ3n) is 5.34. The van der Waals surface area contributed by atoms with Gasteiger partial charge in [0.05, 0.1) is 19.8 Å². The van der Waals surface area contributed by atoms with E-state index in [0.29, 0.717) is 25.4 Å². The van der Waals surface area contributed by atoms with Crippen molar-refractivity contribution >= 4 is 39.5 Å². The lowest BCUT2D eigenvalue weighted by atomic mass is 10.4. The zero-order valence-corrected chi connectivity index (χ0v) is 27.9. The normalized spacial score (nSPS) is 14.6. The summed E-state index contributed by atoms with van der Waals surface area (Å²) in [5.74, 6) is -0.316. The van der Waals surface area contributed by atoms with Gasteiger partial charge in [-0.25, -0.2) is 4.79 Å². The van der Waals surface area contributed by atoms with Gasteiger partial charge in [-0.3, -0.25) is 0 Å². The van der Waals surface area contributed by atoms with Crippen LogP contribution in [0.5, 0.6) is 0 Å². The Bertz CT molecular complexity index is 607. The molecule has 0 radical (unpaired) electrons. The van der Waals surface area contributed by atoms with Crippen LogP contribution in [0, 0.1) is 0 Å². The molecule has 0 aliphatic carbocycles. The maximum Gasteiger partial charge on any atom is 0.333 e. The Hall–Kier alpha value is -0.0825. The van der Waals surface area contributed by atoms with Crippen molar-refractivity contribution in [1.82, 2.24) is 0 Å². The molecule has 0 aromatic heterocycles. The minimum Gasteiger partial charge on any atom is -0.462 e. The third-order valence-corrected chi connectivity index (χ3v) is 18.9. The zero-order valence-electron chi connectivity index (χ0n) is 23.9. The summed E-state index contributed by atoms with van der Waals surface area (Å²) in [7, 11) is -7.57. The van der Waals surface area contributed by atoms with Crippen molar-refractivity contribution in [3.8, 4) is 0 Å². The summed E-state index contributed by atoms with van der Waals surface area (Å²) in [4.78, 5) is 11.6. The van der Waals surface area contributed by atoms with Crippen LogP contribution >= 0.6 is 0 Å². The van der Waals surface area contributed by atoms with Crippen molar-refractivity contribution in [2.45, 2.75) is 110 Å². The van der Waals surface area contributed by atoms with E-state index < -0.39 is 33.5 Å². The molecule has 0 amide bonds. The van der Waals surface area contributed by atoms with E-state index >= 15 is 0 Å². The van der Waals surface area contributed by atoms with Crippen LogP contribution in [0.25, 0.3) is 0 Å². The van der Waals surface area contributed by atoms with Gasteiger partial charge in [-0.05, 0) is 90.3 Å². The Morgan fingerprint density at radius 3 is 1.91 bits per heavy atom. The molecule has 0 rings (SSSR count). The van der Waals surface area contributed by atoms with Crippen LogP contribution in [0.2, 0.25) is 70.5 Å². The van der Waals surface area contributed by atoms with Crippen LogP contribution < -0.4 is 0 Å². The van der Waals surface area contributed by atoms with Crippen LogP contribution in [0.4, 0.5) is 0 Å². The average Bonchev–Trinajstić information content (AvgIpc) is 2.66.